The number of imidazole rings is 1. The van der Waals surface area contributed by atoms with Crippen molar-refractivity contribution in [3.05, 3.63) is 47.3 Å². The normalized spacial score (nSPS) is 20.1. The van der Waals surface area contributed by atoms with Crippen LogP contribution in [-0.2, 0) is 6.54 Å². The topological polar surface area (TPSA) is 120 Å². The summed E-state index contributed by atoms with van der Waals surface area (Å²) in [6, 6.07) is 8.38. The minimum atomic E-state index is 0.322. The van der Waals surface area contributed by atoms with Crippen LogP contribution < -0.4 is 22.5 Å². The first-order valence-corrected chi connectivity index (χ1v) is 9.52. The Hall–Kier alpha value is -2.64. The second-order valence-electron chi connectivity index (χ2n) is 7.46. The van der Waals surface area contributed by atoms with E-state index in [4.69, 9.17) is 22.2 Å². The molecule has 4 rings (SSSR count). The molecule has 0 aliphatic heterocycles. The first-order chi connectivity index (χ1) is 13.0. The summed E-state index contributed by atoms with van der Waals surface area (Å²) in [6.45, 7) is 2.49. The number of hydrogen-bond acceptors (Lipinski definition) is 6. The van der Waals surface area contributed by atoms with E-state index in [2.05, 4.69) is 10.4 Å². The van der Waals surface area contributed by atoms with Crippen LogP contribution in [0.3, 0.4) is 0 Å². The average Bonchev–Trinajstić information content (AvgIpc) is 3.10. The van der Waals surface area contributed by atoms with Gasteiger partial charge in [0.25, 0.3) is 0 Å². The Morgan fingerprint density at radius 3 is 2.52 bits per heavy atom. The molecule has 27 heavy (non-hydrogen) atoms. The summed E-state index contributed by atoms with van der Waals surface area (Å²) in [4.78, 5) is 4.91. The van der Waals surface area contributed by atoms with E-state index < -0.39 is 0 Å². The zero-order chi connectivity index (χ0) is 19.0. The van der Waals surface area contributed by atoms with Gasteiger partial charge in [0, 0.05) is 29.8 Å². The summed E-state index contributed by atoms with van der Waals surface area (Å²) < 4.78 is 1.79. The molecule has 0 unspecified atom stereocenters. The van der Waals surface area contributed by atoms with Crippen molar-refractivity contribution < 1.29 is 0 Å². The van der Waals surface area contributed by atoms with Crippen LogP contribution in [0.15, 0.2) is 30.5 Å². The lowest BCUT2D eigenvalue weighted by Crippen LogP contribution is -2.25. The van der Waals surface area contributed by atoms with E-state index in [-0.39, 0.29) is 0 Å². The van der Waals surface area contributed by atoms with Crippen molar-refractivity contribution in [3.63, 3.8) is 0 Å². The Morgan fingerprint density at radius 1 is 1.15 bits per heavy atom. The van der Waals surface area contributed by atoms with Gasteiger partial charge in [0.05, 0.1) is 17.6 Å². The second-order valence-corrected chi connectivity index (χ2v) is 7.46. The van der Waals surface area contributed by atoms with Gasteiger partial charge >= 0.3 is 0 Å². The molecular formula is C20H27N7. The second kappa shape index (κ2) is 7.17. The van der Waals surface area contributed by atoms with E-state index in [0.717, 1.165) is 59.5 Å². The van der Waals surface area contributed by atoms with Gasteiger partial charge in [0.2, 0.25) is 0 Å². The predicted octanol–water partition coefficient (Wildman–Crippen LogP) is 2.81. The maximum atomic E-state index is 6.16. The Balaban J connectivity index is 1.70. The van der Waals surface area contributed by atoms with Crippen LogP contribution in [0.5, 0.6) is 0 Å². The minimum Gasteiger partial charge on any atom is -0.382 e. The lowest BCUT2D eigenvalue weighted by molar-refractivity contribution is 0.391. The fraction of sp³-hybridized carbons (Fsp3) is 0.400. The molecule has 1 aliphatic rings. The van der Waals surface area contributed by atoms with Crippen molar-refractivity contribution in [2.24, 2.45) is 11.5 Å². The van der Waals surface area contributed by atoms with E-state index >= 15 is 0 Å². The quantitative estimate of drug-likeness (QED) is 0.564. The third kappa shape index (κ3) is 3.48. The highest BCUT2D eigenvalue weighted by atomic mass is 15.3. The highest BCUT2D eigenvalue weighted by Crippen LogP contribution is 2.34. The van der Waals surface area contributed by atoms with Crippen molar-refractivity contribution in [1.82, 2.24) is 14.6 Å². The van der Waals surface area contributed by atoms with E-state index in [1.807, 2.05) is 37.4 Å². The first-order valence-electron chi connectivity index (χ1n) is 9.52. The number of nitrogens with zero attached hydrogens (tertiary/aromatic N) is 3. The fourth-order valence-corrected chi connectivity index (χ4v) is 3.75. The molecule has 2 aromatic heterocycles. The van der Waals surface area contributed by atoms with Gasteiger partial charge < -0.3 is 22.5 Å². The summed E-state index contributed by atoms with van der Waals surface area (Å²) in [5.41, 5.74) is 23.6. The van der Waals surface area contributed by atoms with Crippen LogP contribution in [0.25, 0.3) is 5.65 Å². The van der Waals surface area contributed by atoms with Crippen molar-refractivity contribution in [3.8, 4) is 0 Å². The van der Waals surface area contributed by atoms with Crippen LogP contribution in [0.1, 0.15) is 48.4 Å². The number of fused-ring (bicyclic) bond motifs is 1. The standard InChI is InChI=1S/C20H27N7/c1-12-18(24-16-8-2-13(10-21)3-9-16)20-25-17(11-27(20)26-19(12)23)14-4-6-15(22)7-5-14/h2-3,8-9,11,14-15,24H,4-7,10,21-22H2,1H3,(H2,23,26)/t14-,15+. The van der Waals surface area contributed by atoms with Gasteiger partial charge in [-0.15, -0.1) is 5.10 Å². The molecule has 1 fully saturated rings. The summed E-state index contributed by atoms with van der Waals surface area (Å²) >= 11 is 0. The highest BCUT2D eigenvalue weighted by molar-refractivity contribution is 5.79. The van der Waals surface area contributed by atoms with Crippen molar-refractivity contribution in [1.29, 1.82) is 0 Å². The number of aromatic nitrogens is 3. The third-order valence-electron chi connectivity index (χ3n) is 5.55. The molecule has 0 radical (unpaired) electrons. The molecule has 1 saturated carbocycles. The zero-order valence-corrected chi connectivity index (χ0v) is 15.7. The monoisotopic (exact) mass is 365 g/mol. The van der Waals surface area contributed by atoms with Gasteiger partial charge in [-0.05, 0) is 50.3 Å². The van der Waals surface area contributed by atoms with Crippen LogP contribution in [0.2, 0.25) is 0 Å². The zero-order valence-electron chi connectivity index (χ0n) is 15.7. The highest BCUT2D eigenvalue weighted by Gasteiger charge is 2.23. The molecule has 7 heteroatoms. The number of hydrogen-bond donors (Lipinski definition) is 4. The molecule has 7 N–H and O–H groups in total. The van der Waals surface area contributed by atoms with Crippen molar-refractivity contribution in [2.75, 3.05) is 11.1 Å². The number of rotatable bonds is 4. The van der Waals surface area contributed by atoms with E-state index in [9.17, 15) is 0 Å². The average molecular weight is 365 g/mol. The first kappa shape index (κ1) is 17.8. The predicted molar refractivity (Wildman–Crippen MR) is 109 cm³/mol. The van der Waals surface area contributed by atoms with Gasteiger partial charge in [0.15, 0.2) is 5.65 Å². The smallest absolute Gasteiger partial charge is 0.177 e. The maximum Gasteiger partial charge on any atom is 0.177 e. The lowest BCUT2D eigenvalue weighted by Gasteiger charge is -2.24. The van der Waals surface area contributed by atoms with Gasteiger partial charge in [0.1, 0.15) is 5.82 Å². The number of benzene rings is 1. The van der Waals surface area contributed by atoms with E-state index in [0.29, 0.717) is 24.3 Å². The molecule has 142 valence electrons. The fourth-order valence-electron chi connectivity index (χ4n) is 3.75. The Labute approximate surface area is 158 Å². The number of nitrogen functional groups attached to an aromatic ring is 1. The molecule has 1 aliphatic carbocycles. The van der Waals surface area contributed by atoms with Gasteiger partial charge in [-0.1, -0.05) is 12.1 Å². The molecule has 7 nitrogen and oxygen atoms in total. The SMILES string of the molecule is Cc1c(N)nn2cc([C@H]3CC[C@@H](N)CC3)nc2c1Nc1ccc(CN)cc1. The van der Waals surface area contributed by atoms with E-state index in [1.54, 1.807) is 4.52 Å². The van der Waals surface area contributed by atoms with Gasteiger partial charge in [-0.2, -0.15) is 0 Å². The summed E-state index contributed by atoms with van der Waals surface area (Å²) in [7, 11) is 0. The van der Waals surface area contributed by atoms with Crippen molar-refractivity contribution in [2.45, 2.75) is 51.1 Å². The Morgan fingerprint density at radius 2 is 1.85 bits per heavy atom. The maximum absolute atomic E-state index is 6.16. The molecule has 0 atom stereocenters. The molecule has 2 heterocycles. The number of anilines is 3. The van der Waals surface area contributed by atoms with Crippen LogP contribution in [0, 0.1) is 6.92 Å². The van der Waals surface area contributed by atoms with E-state index in [1.165, 1.54) is 0 Å². The minimum absolute atomic E-state index is 0.322. The number of nitrogens with two attached hydrogens (primary N) is 3. The van der Waals surface area contributed by atoms with Crippen LogP contribution >= 0.6 is 0 Å². The molecule has 0 bridgehead atoms. The Bertz CT molecular complexity index is 937. The van der Waals surface area contributed by atoms with Gasteiger partial charge in [-0.3, -0.25) is 0 Å². The summed E-state index contributed by atoms with van der Waals surface area (Å²) in [5, 5.41) is 7.95. The summed E-state index contributed by atoms with van der Waals surface area (Å²) in [6.07, 6.45) is 6.25. The van der Waals surface area contributed by atoms with Crippen LogP contribution in [-0.4, -0.2) is 20.6 Å². The molecule has 0 saturated heterocycles. The van der Waals surface area contributed by atoms with Gasteiger partial charge in [-0.25, -0.2) is 9.50 Å². The Kier molecular flexibility index (Phi) is 4.72. The van der Waals surface area contributed by atoms with Crippen LogP contribution in [0.4, 0.5) is 17.2 Å². The molecular weight excluding hydrogens is 338 g/mol. The molecule has 0 amide bonds. The molecule has 1 aromatic carbocycles. The molecule has 0 spiro atoms. The third-order valence-corrected chi connectivity index (χ3v) is 5.55. The summed E-state index contributed by atoms with van der Waals surface area (Å²) in [5.74, 6) is 0.933. The van der Waals surface area contributed by atoms with Crippen molar-refractivity contribution >= 4 is 22.8 Å². The lowest BCUT2D eigenvalue weighted by atomic mass is 9.85. The number of nitrogens with one attached hydrogen (secondary N) is 1. The molecule has 3 aromatic rings. The largest absolute Gasteiger partial charge is 0.382 e.